The van der Waals surface area contributed by atoms with Gasteiger partial charge in [-0.15, -0.1) is 0 Å². The summed E-state index contributed by atoms with van der Waals surface area (Å²) in [5.41, 5.74) is 2.20. The zero-order valence-electron chi connectivity index (χ0n) is 9.75. The van der Waals surface area contributed by atoms with Crippen molar-refractivity contribution >= 4 is 11.7 Å². The number of nitrogens with zero attached hydrogens (tertiary/aromatic N) is 1. The van der Waals surface area contributed by atoms with Crippen molar-refractivity contribution in [3.8, 4) is 0 Å². The van der Waals surface area contributed by atoms with E-state index in [1.54, 1.807) is 0 Å². The minimum atomic E-state index is -0.350. The zero-order chi connectivity index (χ0) is 11.3. The Bertz CT molecular complexity index is 290. The minimum Gasteiger partial charge on any atom is -0.318 e. The maximum absolute atomic E-state index is 10.7. The van der Waals surface area contributed by atoms with E-state index in [0.29, 0.717) is 5.92 Å². The average molecular weight is 209 g/mol. The molecule has 0 spiro atoms. The van der Waals surface area contributed by atoms with Crippen LogP contribution in [0.4, 0.5) is 0 Å². The average Bonchev–Trinajstić information content (AvgIpc) is 2.15. The summed E-state index contributed by atoms with van der Waals surface area (Å²) >= 11 is 0. The Morgan fingerprint density at radius 3 is 2.67 bits per heavy atom. The van der Waals surface area contributed by atoms with Crippen LogP contribution in [0.2, 0.25) is 0 Å². The second-order valence-electron chi connectivity index (χ2n) is 4.26. The molecule has 1 rings (SSSR count). The number of hydrogen-bond acceptors (Lipinski definition) is 3. The third kappa shape index (κ3) is 4.28. The summed E-state index contributed by atoms with van der Waals surface area (Å²) in [7, 11) is 0. The monoisotopic (exact) mass is 209 g/mol. The fourth-order valence-electron chi connectivity index (χ4n) is 1.72. The van der Waals surface area contributed by atoms with Gasteiger partial charge in [0.25, 0.3) is 0 Å². The van der Waals surface area contributed by atoms with Crippen molar-refractivity contribution in [3.63, 3.8) is 0 Å². The van der Waals surface area contributed by atoms with E-state index in [2.05, 4.69) is 25.1 Å². The molecule has 0 aromatic heterocycles. The number of carbonyl (C=O) groups excluding carboxylic acids is 1. The van der Waals surface area contributed by atoms with Crippen LogP contribution < -0.4 is 0 Å². The first-order chi connectivity index (χ1) is 7.09. The molecule has 0 heterocycles. The predicted octanol–water partition coefficient (Wildman–Crippen LogP) is 3.06. The zero-order valence-corrected chi connectivity index (χ0v) is 9.75. The molecule has 0 aromatic rings. The van der Waals surface area contributed by atoms with Gasteiger partial charge in [0.15, 0.2) is 0 Å². The number of oxime groups is 1. The topological polar surface area (TPSA) is 38.7 Å². The standard InChI is InChI=1S/C12H19NO2/c1-9(2)8-11-6-4-5-7-12(11)13-15-10(3)14/h8-9H,4-7H2,1-3H3/b11-8+,13-12+. The molecule has 0 bridgehead atoms. The van der Waals surface area contributed by atoms with E-state index in [1.807, 2.05) is 0 Å². The van der Waals surface area contributed by atoms with E-state index < -0.39 is 0 Å². The Balaban J connectivity index is 2.73. The first-order valence-electron chi connectivity index (χ1n) is 5.55. The molecule has 0 aliphatic heterocycles. The molecule has 0 saturated heterocycles. The largest absolute Gasteiger partial charge is 0.331 e. The Hall–Kier alpha value is -1.12. The first-order valence-corrected chi connectivity index (χ1v) is 5.55. The molecule has 3 nitrogen and oxygen atoms in total. The summed E-state index contributed by atoms with van der Waals surface area (Å²) in [6.07, 6.45) is 6.53. The van der Waals surface area contributed by atoms with Gasteiger partial charge in [-0.1, -0.05) is 25.1 Å². The van der Waals surface area contributed by atoms with Gasteiger partial charge in [-0.2, -0.15) is 0 Å². The van der Waals surface area contributed by atoms with E-state index in [0.717, 1.165) is 25.0 Å². The predicted molar refractivity (Wildman–Crippen MR) is 60.6 cm³/mol. The van der Waals surface area contributed by atoms with E-state index >= 15 is 0 Å². The fraction of sp³-hybridized carbons (Fsp3) is 0.667. The lowest BCUT2D eigenvalue weighted by atomic mass is 9.91. The Morgan fingerprint density at radius 2 is 2.07 bits per heavy atom. The van der Waals surface area contributed by atoms with E-state index in [4.69, 9.17) is 4.84 Å². The maximum atomic E-state index is 10.7. The molecule has 1 aliphatic rings. The van der Waals surface area contributed by atoms with Crippen LogP contribution in [-0.2, 0) is 9.63 Å². The highest BCUT2D eigenvalue weighted by atomic mass is 16.7. The number of allylic oxidation sites excluding steroid dienone is 2. The van der Waals surface area contributed by atoms with Gasteiger partial charge in [-0.05, 0) is 37.2 Å². The van der Waals surface area contributed by atoms with Crippen molar-refractivity contribution in [2.75, 3.05) is 0 Å². The van der Waals surface area contributed by atoms with Gasteiger partial charge in [-0.25, -0.2) is 4.79 Å². The molecule has 0 amide bonds. The molecule has 0 radical (unpaired) electrons. The molecule has 1 aliphatic carbocycles. The molecule has 0 aromatic carbocycles. The molecule has 1 saturated carbocycles. The molecule has 0 unspecified atom stereocenters. The van der Waals surface area contributed by atoms with Gasteiger partial charge >= 0.3 is 5.97 Å². The maximum Gasteiger partial charge on any atom is 0.331 e. The van der Waals surface area contributed by atoms with Crippen LogP contribution in [-0.4, -0.2) is 11.7 Å². The molecular formula is C12H19NO2. The summed E-state index contributed by atoms with van der Waals surface area (Å²) in [6.45, 7) is 5.66. The molecule has 3 heteroatoms. The van der Waals surface area contributed by atoms with E-state index in [1.165, 1.54) is 18.9 Å². The van der Waals surface area contributed by atoms with Gasteiger partial charge < -0.3 is 4.84 Å². The Morgan fingerprint density at radius 1 is 1.40 bits per heavy atom. The van der Waals surface area contributed by atoms with Crippen LogP contribution in [0, 0.1) is 5.92 Å². The van der Waals surface area contributed by atoms with Gasteiger partial charge in [0.05, 0.1) is 5.71 Å². The molecule has 0 atom stereocenters. The SMILES string of the molecule is CC(=O)O/N=C1\CCCC\C1=C/C(C)C. The highest BCUT2D eigenvalue weighted by molar-refractivity contribution is 6.00. The summed E-state index contributed by atoms with van der Waals surface area (Å²) in [6, 6.07) is 0. The number of rotatable bonds is 2. The smallest absolute Gasteiger partial charge is 0.318 e. The van der Waals surface area contributed by atoms with Crippen LogP contribution in [0.25, 0.3) is 0 Å². The molecule has 84 valence electrons. The third-order valence-corrected chi connectivity index (χ3v) is 2.30. The summed E-state index contributed by atoms with van der Waals surface area (Å²) in [5, 5.41) is 3.92. The van der Waals surface area contributed by atoms with Crippen molar-refractivity contribution in [1.82, 2.24) is 0 Å². The molecule has 1 fully saturated rings. The number of hydrogen-bond donors (Lipinski definition) is 0. The van der Waals surface area contributed by atoms with Gasteiger partial charge in [-0.3, -0.25) is 0 Å². The highest BCUT2D eigenvalue weighted by Crippen LogP contribution is 2.22. The minimum absolute atomic E-state index is 0.350. The van der Waals surface area contributed by atoms with Crippen molar-refractivity contribution in [2.24, 2.45) is 11.1 Å². The second kappa shape index (κ2) is 5.69. The molecular weight excluding hydrogens is 190 g/mol. The van der Waals surface area contributed by atoms with E-state index in [-0.39, 0.29) is 5.97 Å². The lowest BCUT2D eigenvalue weighted by Gasteiger charge is -2.16. The lowest BCUT2D eigenvalue weighted by Crippen LogP contribution is -2.11. The van der Waals surface area contributed by atoms with Crippen LogP contribution >= 0.6 is 0 Å². The van der Waals surface area contributed by atoms with Crippen molar-refractivity contribution in [1.29, 1.82) is 0 Å². The van der Waals surface area contributed by atoms with Crippen molar-refractivity contribution < 1.29 is 9.63 Å². The quantitative estimate of drug-likeness (QED) is 0.518. The second-order valence-corrected chi connectivity index (χ2v) is 4.26. The lowest BCUT2D eigenvalue weighted by molar-refractivity contribution is -0.140. The summed E-state index contributed by atoms with van der Waals surface area (Å²) < 4.78 is 0. The van der Waals surface area contributed by atoms with Gasteiger partial charge in [0.1, 0.15) is 0 Å². The summed E-state index contributed by atoms with van der Waals surface area (Å²) in [4.78, 5) is 15.4. The molecule has 0 N–H and O–H groups in total. The molecule has 15 heavy (non-hydrogen) atoms. The summed E-state index contributed by atoms with van der Waals surface area (Å²) in [5.74, 6) is 0.164. The van der Waals surface area contributed by atoms with Crippen LogP contribution in [0.3, 0.4) is 0 Å². The Kier molecular flexibility index (Phi) is 4.53. The van der Waals surface area contributed by atoms with Crippen molar-refractivity contribution in [2.45, 2.75) is 46.5 Å². The van der Waals surface area contributed by atoms with Crippen molar-refractivity contribution in [3.05, 3.63) is 11.6 Å². The number of carbonyl (C=O) groups is 1. The van der Waals surface area contributed by atoms with Gasteiger partial charge in [0.2, 0.25) is 0 Å². The van der Waals surface area contributed by atoms with Gasteiger partial charge in [0, 0.05) is 6.92 Å². The normalized spacial score (nSPS) is 22.4. The van der Waals surface area contributed by atoms with Crippen LogP contribution in [0.15, 0.2) is 16.8 Å². The van der Waals surface area contributed by atoms with Crippen LogP contribution in [0.1, 0.15) is 46.5 Å². The van der Waals surface area contributed by atoms with Crippen LogP contribution in [0.5, 0.6) is 0 Å². The van der Waals surface area contributed by atoms with E-state index in [9.17, 15) is 4.79 Å². The third-order valence-electron chi connectivity index (χ3n) is 2.30. The highest BCUT2D eigenvalue weighted by Gasteiger charge is 2.14. The first kappa shape index (κ1) is 12.0. The Labute approximate surface area is 91.2 Å². The fourth-order valence-corrected chi connectivity index (χ4v) is 1.72.